The molecule has 0 saturated carbocycles. The largest absolute Gasteiger partial charge is 0.374 e. The molecule has 1 unspecified atom stereocenters. The van der Waals surface area contributed by atoms with Crippen molar-refractivity contribution in [1.82, 2.24) is 5.32 Å². The van der Waals surface area contributed by atoms with E-state index in [1.54, 1.807) is 0 Å². The molecule has 0 radical (unpaired) electrons. The molecule has 0 spiro atoms. The molecule has 0 aromatic heterocycles. The monoisotopic (exact) mass is 274 g/mol. The van der Waals surface area contributed by atoms with E-state index in [0.29, 0.717) is 0 Å². The molecule has 2 N–H and O–H groups in total. The van der Waals surface area contributed by atoms with Crippen molar-refractivity contribution in [1.29, 1.82) is 0 Å². The molecule has 1 aliphatic rings. The third kappa shape index (κ3) is 3.75. The lowest BCUT2D eigenvalue weighted by Crippen LogP contribution is -2.47. The van der Waals surface area contributed by atoms with Crippen molar-refractivity contribution in [2.45, 2.75) is 65.0 Å². The fourth-order valence-corrected chi connectivity index (χ4v) is 2.69. The van der Waals surface area contributed by atoms with Gasteiger partial charge in [-0.2, -0.15) is 0 Å². The summed E-state index contributed by atoms with van der Waals surface area (Å²) in [6.07, 6.45) is 4.80. The molecule has 1 aromatic carbocycles. The Morgan fingerprint density at radius 1 is 1.20 bits per heavy atom. The van der Waals surface area contributed by atoms with Crippen LogP contribution in [0.15, 0.2) is 18.2 Å². The highest BCUT2D eigenvalue weighted by atomic mass is 16.2. The van der Waals surface area contributed by atoms with Crippen LogP contribution in [-0.4, -0.2) is 17.5 Å². The number of rotatable bonds is 3. The summed E-state index contributed by atoms with van der Waals surface area (Å²) in [7, 11) is 0. The van der Waals surface area contributed by atoms with Gasteiger partial charge in [-0.05, 0) is 70.6 Å². The Kier molecular flexibility index (Phi) is 4.36. The summed E-state index contributed by atoms with van der Waals surface area (Å²) in [4.78, 5) is 12.2. The van der Waals surface area contributed by atoms with Gasteiger partial charge in [-0.25, -0.2) is 0 Å². The van der Waals surface area contributed by atoms with Crippen LogP contribution in [0, 0.1) is 0 Å². The van der Waals surface area contributed by atoms with Crippen molar-refractivity contribution in [3.8, 4) is 0 Å². The molecule has 1 aliphatic carbocycles. The van der Waals surface area contributed by atoms with Crippen LogP contribution in [0.25, 0.3) is 0 Å². The van der Waals surface area contributed by atoms with E-state index in [-0.39, 0.29) is 17.5 Å². The summed E-state index contributed by atoms with van der Waals surface area (Å²) < 4.78 is 0. The lowest BCUT2D eigenvalue weighted by molar-refractivity contribution is -0.122. The first-order valence-electron chi connectivity index (χ1n) is 7.56. The lowest BCUT2D eigenvalue weighted by atomic mass is 9.90. The van der Waals surface area contributed by atoms with Gasteiger partial charge in [0.15, 0.2) is 0 Å². The van der Waals surface area contributed by atoms with E-state index in [4.69, 9.17) is 0 Å². The zero-order valence-corrected chi connectivity index (χ0v) is 13.0. The van der Waals surface area contributed by atoms with Crippen molar-refractivity contribution in [3.05, 3.63) is 29.3 Å². The first kappa shape index (κ1) is 14.9. The predicted octanol–water partition coefficient (Wildman–Crippen LogP) is 3.28. The van der Waals surface area contributed by atoms with Crippen molar-refractivity contribution >= 4 is 11.6 Å². The van der Waals surface area contributed by atoms with Gasteiger partial charge in [-0.1, -0.05) is 12.1 Å². The highest BCUT2D eigenvalue weighted by Gasteiger charge is 2.20. The molecule has 0 aliphatic heterocycles. The van der Waals surface area contributed by atoms with Crippen molar-refractivity contribution in [2.24, 2.45) is 0 Å². The summed E-state index contributed by atoms with van der Waals surface area (Å²) in [5.41, 5.74) is 3.76. The van der Waals surface area contributed by atoms with E-state index in [9.17, 15) is 4.79 Å². The number of nitrogens with one attached hydrogen (secondary N) is 2. The van der Waals surface area contributed by atoms with E-state index in [0.717, 1.165) is 18.5 Å². The summed E-state index contributed by atoms with van der Waals surface area (Å²) in [6, 6.07) is 6.16. The Morgan fingerprint density at radius 3 is 2.60 bits per heavy atom. The molecule has 1 aromatic rings. The molecule has 3 heteroatoms. The average Bonchev–Trinajstić information content (AvgIpc) is 2.37. The third-order valence-electron chi connectivity index (χ3n) is 3.66. The van der Waals surface area contributed by atoms with E-state index in [1.807, 2.05) is 27.7 Å². The van der Waals surface area contributed by atoms with Gasteiger partial charge in [0.05, 0.1) is 0 Å². The molecule has 3 nitrogen and oxygen atoms in total. The van der Waals surface area contributed by atoms with Gasteiger partial charge < -0.3 is 10.6 Å². The Bertz CT molecular complexity index is 488. The maximum Gasteiger partial charge on any atom is 0.242 e. The number of anilines is 1. The normalized spacial score (nSPS) is 16.2. The van der Waals surface area contributed by atoms with Gasteiger partial charge in [-0.3, -0.25) is 4.79 Å². The third-order valence-corrected chi connectivity index (χ3v) is 3.66. The van der Waals surface area contributed by atoms with Crippen molar-refractivity contribution in [2.75, 3.05) is 5.32 Å². The zero-order chi connectivity index (χ0) is 14.8. The van der Waals surface area contributed by atoms with Crippen LogP contribution in [0.5, 0.6) is 0 Å². The van der Waals surface area contributed by atoms with Crippen molar-refractivity contribution in [3.63, 3.8) is 0 Å². The second-order valence-electron chi connectivity index (χ2n) is 6.76. The van der Waals surface area contributed by atoms with Crippen LogP contribution in [0.1, 0.15) is 51.7 Å². The summed E-state index contributed by atoms with van der Waals surface area (Å²) in [5, 5.41) is 6.40. The summed E-state index contributed by atoms with van der Waals surface area (Å²) >= 11 is 0. The van der Waals surface area contributed by atoms with Crippen LogP contribution < -0.4 is 10.6 Å². The molecule has 0 heterocycles. The number of hydrogen-bond donors (Lipinski definition) is 2. The predicted molar refractivity (Wildman–Crippen MR) is 84.1 cm³/mol. The molecule has 110 valence electrons. The fourth-order valence-electron chi connectivity index (χ4n) is 2.69. The second kappa shape index (κ2) is 5.86. The first-order valence-corrected chi connectivity index (χ1v) is 7.56. The Labute approximate surface area is 122 Å². The Morgan fingerprint density at radius 2 is 1.90 bits per heavy atom. The number of carbonyl (C=O) groups is 1. The molecule has 0 fully saturated rings. The molecular formula is C17H26N2O. The topological polar surface area (TPSA) is 41.1 Å². The van der Waals surface area contributed by atoms with E-state index in [2.05, 4.69) is 28.8 Å². The molecular weight excluding hydrogens is 248 g/mol. The van der Waals surface area contributed by atoms with E-state index in [1.165, 1.54) is 24.0 Å². The Hall–Kier alpha value is -1.51. The zero-order valence-electron chi connectivity index (χ0n) is 13.0. The number of hydrogen-bond acceptors (Lipinski definition) is 2. The SMILES string of the molecule is CC(Nc1cccc2c1CCCC2)C(=O)NC(C)(C)C. The van der Waals surface area contributed by atoms with Crippen LogP contribution >= 0.6 is 0 Å². The van der Waals surface area contributed by atoms with Gasteiger partial charge >= 0.3 is 0 Å². The minimum atomic E-state index is -0.220. The van der Waals surface area contributed by atoms with Gasteiger partial charge in [-0.15, -0.1) is 0 Å². The standard InChI is InChI=1S/C17H26N2O/c1-12(16(20)19-17(2,3)4)18-15-11-7-9-13-8-5-6-10-14(13)15/h7,9,11-12,18H,5-6,8,10H2,1-4H3,(H,19,20). The van der Waals surface area contributed by atoms with Gasteiger partial charge in [0.25, 0.3) is 0 Å². The van der Waals surface area contributed by atoms with Gasteiger partial charge in [0.2, 0.25) is 5.91 Å². The number of fused-ring (bicyclic) bond motifs is 1. The van der Waals surface area contributed by atoms with Gasteiger partial charge in [0.1, 0.15) is 6.04 Å². The number of benzene rings is 1. The van der Waals surface area contributed by atoms with E-state index >= 15 is 0 Å². The highest BCUT2D eigenvalue weighted by molar-refractivity contribution is 5.85. The molecule has 0 saturated heterocycles. The highest BCUT2D eigenvalue weighted by Crippen LogP contribution is 2.28. The maximum absolute atomic E-state index is 12.2. The minimum absolute atomic E-state index is 0.0471. The molecule has 20 heavy (non-hydrogen) atoms. The summed E-state index contributed by atoms with van der Waals surface area (Å²) in [6.45, 7) is 7.93. The Balaban J connectivity index is 2.08. The second-order valence-corrected chi connectivity index (χ2v) is 6.76. The number of aryl methyl sites for hydroxylation is 1. The lowest BCUT2D eigenvalue weighted by Gasteiger charge is -2.26. The molecule has 2 rings (SSSR count). The van der Waals surface area contributed by atoms with Gasteiger partial charge in [0, 0.05) is 11.2 Å². The average molecular weight is 274 g/mol. The summed E-state index contributed by atoms with van der Waals surface area (Å²) in [5.74, 6) is 0.0471. The van der Waals surface area contributed by atoms with Crippen LogP contribution in [0.4, 0.5) is 5.69 Å². The fraction of sp³-hybridized carbons (Fsp3) is 0.588. The van der Waals surface area contributed by atoms with Crippen LogP contribution in [-0.2, 0) is 17.6 Å². The maximum atomic E-state index is 12.2. The molecule has 1 amide bonds. The smallest absolute Gasteiger partial charge is 0.242 e. The number of amides is 1. The quantitative estimate of drug-likeness (QED) is 0.888. The van der Waals surface area contributed by atoms with Crippen LogP contribution in [0.3, 0.4) is 0 Å². The minimum Gasteiger partial charge on any atom is -0.374 e. The molecule has 0 bridgehead atoms. The first-order chi connectivity index (χ1) is 9.37. The van der Waals surface area contributed by atoms with E-state index < -0.39 is 0 Å². The van der Waals surface area contributed by atoms with Crippen LogP contribution in [0.2, 0.25) is 0 Å². The number of carbonyl (C=O) groups excluding carboxylic acids is 1. The van der Waals surface area contributed by atoms with Crippen molar-refractivity contribution < 1.29 is 4.79 Å². The molecule has 1 atom stereocenters.